The van der Waals surface area contributed by atoms with Crippen molar-refractivity contribution in [3.63, 3.8) is 0 Å². The van der Waals surface area contributed by atoms with E-state index in [0.29, 0.717) is 11.9 Å². The van der Waals surface area contributed by atoms with Crippen molar-refractivity contribution in [2.75, 3.05) is 16.8 Å². The lowest BCUT2D eigenvalue weighted by Gasteiger charge is -2.26. The molecule has 0 aliphatic carbocycles. The molecule has 0 radical (unpaired) electrons. The summed E-state index contributed by atoms with van der Waals surface area (Å²) in [6.45, 7) is 4.94. The fourth-order valence-corrected chi connectivity index (χ4v) is 2.74. The van der Waals surface area contributed by atoms with Gasteiger partial charge in [-0.1, -0.05) is 25.1 Å². The summed E-state index contributed by atoms with van der Waals surface area (Å²) in [6, 6.07) is 9.71. The Morgan fingerprint density at radius 1 is 1.29 bits per heavy atom. The molecule has 0 saturated carbocycles. The van der Waals surface area contributed by atoms with E-state index in [1.807, 2.05) is 19.1 Å². The second-order valence-electron chi connectivity index (χ2n) is 5.35. The maximum absolute atomic E-state index is 12.4. The van der Waals surface area contributed by atoms with E-state index in [0.717, 1.165) is 12.2 Å². The lowest BCUT2D eigenvalue weighted by atomic mass is 10.0. The summed E-state index contributed by atoms with van der Waals surface area (Å²) in [7, 11) is 0. The Morgan fingerprint density at radius 3 is 2.76 bits per heavy atom. The minimum absolute atomic E-state index is 0.0925. The van der Waals surface area contributed by atoms with Crippen molar-refractivity contribution in [2.45, 2.75) is 25.8 Å². The number of amides is 1. The molecule has 1 aliphatic heterocycles. The third kappa shape index (κ3) is 2.59. The molecule has 21 heavy (non-hydrogen) atoms. The van der Waals surface area contributed by atoms with Crippen LogP contribution in [0.25, 0.3) is 0 Å². The van der Waals surface area contributed by atoms with Crippen molar-refractivity contribution in [1.29, 1.82) is 0 Å². The molecule has 0 saturated heterocycles. The zero-order valence-electron chi connectivity index (χ0n) is 12.2. The van der Waals surface area contributed by atoms with Crippen LogP contribution in [0, 0.1) is 0 Å². The number of fused-ring (bicyclic) bond motifs is 1. The Balaban J connectivity index is 1.77. The lowest BCUT2D eigenvalue weighted by molar-refractivity contribution is -0.117. The van der Waals surface area contributed by atoms with Gasteiger partial charge in [-0.25, -0.2) is 9.97 Å². The molecule has 2 heterocycles. The molecule has 2 aromatic rings. The topological polar surface area (TPSA) is 58.1 Å². The van der Waals surface area contributed by atoms with Crippen LogP contribution >= 0.6 is 0 Å². The van der Waals surface area contributed by atoms with Crippen LogP contribution in [-0.2, 0) is 4.79 Å². The molecule has 3 rings (SSSR count). The van der Waals surface area contributed by atoms with Crippen LogP contribution in [0.1, 0.15) is 25.3 Å². The summed E-state index contributed by atoms with van der Waals surface area (Å²) in [5.74, 6) is 0.685. The van der Waals surface area contributed by atoms with Gasteiger partial charge in [-0.2, -0.15) is 0 Å². The van der Waals surface area contributed by atoms with E-state index in [-0.39, 0.29) is 11.9 Å². The van der Waals surface area contributed by atoms with Gasteiger partial charge in [0.15, 0.2) is 0 Å². The molecule has 5 heteroatoms. The maximum Gasteiger partial charge on any atom is 0.249 e. The first-order chi connectivity index (χ1) is 10.2. The van der Waals surface area contributed by atoms with Crippen LogP contribution in [-0.4, -0.2) is 28.5 Å². The van der Waals surface area contributed by atoms with Crippen LogP contribution in [0.5, 0.6) is 0 Å². The van der Waals surface area contributed by atoms with Crippen molar-refractivity contribution in [1.82, 2.24) is 9.97 Å². The Labute approximate surface area is 124 Å². The van der Waals surface area contributed by atoms with E-state index in [2.05, 4.69) is 39.2 Å². The van der Waals surface area contributed by atoms with Crippen molar-refractivity contribution >= 4 is 17.5 Å². The SMILES string of the molecule is C[C@@H]1CN([C@@H](C)C(=O)Nc2ncccn2)c2ccccc21. The number of carbonyl (C=O) groups is 1. The molecule has 1 aromatic carbocycles. The number of rotatable bonds is 3. The van der Waals surface area contributed by atoms with Gasteiger partial charge >= 0.3 is 0 Å². The number of anilines is 2. The first kappa shape index (κ1) is 13.5. The van der Waals surface area contributed by atoms with Crippen molar-refractivity contribution in [3.8, 4) is 0 Å². The Hall–Kier alpha value is -2.43. The Morgan fingerprint density at radius 2 is 2.00 bits per heavy atom. The molecule has 0 fully saturated rings. The predicted molar refractivity (Wildman–Crippen MR) is 82.3 cm³/mol. The fourth-order valence-electron chi connectivity index (χ4n) is 2.74. The molecule has 2 atom stereocenters. The van der Waals surface area contributed by atoms with Crippen molar-refractivity contribution in [3.05, 3.63) is 48.3 Å². The predicted octanol–water partition coefficient (Wildman–Crippen LogP) is 2.43. The molecule has 1 aromatic heterocycles. The third-order valence-corrected chi connectivity index (χ3v) is 3.90. The summed E-state index contributed by atoms with van der Waals surface area (Å²) in [6.07, 6.45) is 3.22. The number of nitrogens with one attached hydrogen (secondary N) is 1. The van der Waals surface area contributed by atoms with Gasteiger partial charge in [0, 0.05) is 30.5 Å². The first-order valence-electron chi connectivity index (χ1n) is 7.10. The second kappa shape index (κ2) is 5.52. The van der Waals surface area contributed by atoms with Gasteiger partial charge in [0.2, 0.25) is 11.9 Å². The highest BCUT2D eigenvalue weighted by atomic mass is 16.2. The van der Waals surface area contributed by atoms with Gasteiger partial charge in [0.1, 0.15) is 6.04 Å². The molecule has 0 bridgehead atoms. The standard InChI is InChI=1S/C16H18N4O/c1-11-10-20(14-7-4-3-6-13(11)14)12(2)15(21)19-16-17-8-5-9-18-16/h3-9,11-12H,10H2,1-2H3,(H,17,18,19,21)/t11-,12+/m1/s1. The second-order valence-corrected chi connectivity index (χ2v) is 5.35. The van der Waals surface area contributed by atoms with E-state index in [1.165, 1.54) is 5.56 Å². The number of benzene rings is 1. The van der Waals surface area contributed by atoms with E-state index in [4.69, 9.17) is 0 Å². The molecule has 0 unspecified atom stereocenters. The molecule has 108 valence electrons. The van der Waals surface area contributed by atoms with E-state index >= 15 is 0 Å². The average Bonchev–Trinajstić information content (AvgIpc) is 2.85. The number of nitrogens with zero attached hydrogens (tertiary/aromatic N) is 3. The van der Waals surface area contributed by atoms with Crippen molar-refractivity contribution in [2.24, 2.45) is 0 Å². The van der Waals surface area contributed by atoms with Crippen LogP contribution in [0.4, 0.5) is 11.6 Å². The van der Waals surface area contributed by atoms with Gasteiger partial charge in [0.05, 0.1) is 0 Å². The number of hydrogen-bond acceptors (Lipinski definition) is 4. The molecule has 5 nitrogen and oxygen atoms in total. The molecular formula is C16H18N4O. The van der Waals surface area contributed by atoms with E-state index < -0.39 is 0 Å². The molecule has 1 amide bonds. The van der Waals surface area contributed by atoms with Crippen LogP contribution < -0.4 is 10.2 Å². The van der Waals surface area contributed by atoms with Gasteiger partial charge < -0.3 is 4.90 Å². The number of aromatic nitrogens is 2. The Bertz CT molecular complexity index is 644. The summed E-state index contributed by atoms with van der Waals surface area (Å²) in [4.78, 5) is 22.6. The summed E-state index contributed by atoms with van der Waals surface area (Å²) in [5.41, 5.74) is 2.44. The van der Waals surface area contributed by atoms with Crippen LogP contribution in [0.2, 0.25) is 0 Å². The summed E-state index contributed by atoms with van der Waals surface area (Å²) in [5, 5.41) is 2.76. The smallest absolute Gasteiger partial charge is 0.249 e. The lowest BCUT2D eigenvalue weighted by Crippen LogP contribution is -2.41. The van der Waals surface area contributed by atoms with E-state index in [1.54, 1.807) is 18.5 Å². The van der Waals surface area contributed by atoms with Crippen molar-refractivity contribution < 1.29 is 4.79 Å². The average molecular weight is 282 g/mol. The third-order valence-electron chi connectivity index (χ3n) is 3.90. The van der Waals surface area contributed by atoms with Gasteiger partial charge in [-0.3, -0.25) is 10.1 Å². The molecule has 1 aliphatic rings. The minimum Gasteiger partial charge on any atom is -0.359 e. The van der Waals surface area contributed by atoms with Crippen LogP contribution in [0.15, 0.2) is 42.7 Å². The van der Waals surface area contributed by atoms with Gasteiger partial charge in [-0.05, 0) is 24.6 Å². The number of carbonyl (C=O) groups excluding carboxylic acids is 1. The monoisotopic (exact) mass is 282 g/mol. The first-order valence-corrected chi connectivity index (χ1v) is 7.10. The normalized spacial score (nSPS) is 18.2. The summed E-state index contributed by atoms with van der Waals surface area (Å²) >= 11 is 0. The zero-order chi connectivity index (χ0) is 14.8. The molecular weight excluding hydrogens is 264 g/mol. The van der Waals surface area contributed by atoms with Crippen LogP contribution in [0.3, 0.4) is 0 Å². The number of para-hydroxylation sites is 1. The van der Waals surface area contributed by atoms with Gasteiger partial charge in [0.25, 0.3) is 0 Å². The maximum atomic E-state index is 12.4. The minimum atomic E-state index is -0.264. The molecule has 0 spiro atoms. The largest absolute Gasteiger partial charge is 0.359 e. The fraction of sp³-hybridized carbons (Fsp3) is 0.312. The highest BCUT2D eigenvalue weighted by Crippen LogP contribution is 2.36. The Kier molecular flexibility index (Phi) is 3.56. The summed E-state index contributed by atoms with van der Waals surface area (Å²) < 4.78 is 0. The number of hydrogen-bond donors (Lipinski definition) is 1. The van der Waals surface area contributed by atoms with Gasteiger partial charge in [-0.15, -0.1) is 0 Å². The highest BCUT2D eigenvalue weighted by molar-refractivity contribution is 5.95. The molecule has 1 N–H and O–H groups in total. The highest BCUT2D eigenvalue weighted by Gasteiger charge is 2.31. The van der Waals surface area contributed by atoms with E-state index in [9.17, 15) is 4.79 Å². The quantitative estimate of drug-likeness (QED) is 0.939. The zero-order valence-corrected chi connectivity index (χ0v) is 12.2.